The summed E-state index contributed by atoms with van der Waals surface area (Å²) in [7, 11) is 0. The second-order valence-corrected chi connectivity index (χ2v) is 5.42. The minimum Gasteiger partial charge on any atom is -0.360 e. The van der Waals surface area contributed by atoms with Crippen LogP contribution >= 0.6 is 11.6 Å². The van der Waals surface area contributed by atoms with E-state index < -0.39 is 0 Å². The summed E-state index contributed by atoms with van der Waals surface area (Å²) in [6.07, 6.45) is 5.20. The predicted octanol–water partition coefficient (Wildman–Crippen LogP) is 3.16. The van der Waals surface area contributed by atoms with Gasteiger partial charge in [-0.25, -0.2) is 0 Å². The molecule has 0 radical (unpaired) electrons. The van der Waals surface area contributed by atoms with E-state index in [1.807, 2.05) is 12.3 Å². The van der Waals surface area contributed by atoms with Gasteiger partial charge in [0.1, 0.15) is 0 Å². The third-order valence-electron chi connectivity index (χ3n) is 3.46. The SMILES string of the molecule is Cc1c[nH]c2c(Cl)cc(CC3(N)CC3)cc12. The molecule has 0 saturated heterocycles. The van der Waals surface area contributed by atoms with Crippen molar-refractivity contribution in [3.05, 3.63) is 34.5 Å². The Morgan fingerprint density at radius 2 is 2.19 bits per heavy atom. The fraction of sp³-hybridized carbons (Fsp3) is 0.385. The lowest BCUT2D eigenvalue weighted by atomic mass is 10.0. The fourth-order valence-corrected chi connectivity index (χ4v) is 2.52. The zero-order valence-corrected chi connectivity index (χ0v) is 10.1. The maximum Gasteiger partial charge on any atom is 0.0649 e. The van der Waals surface area contributed by atoms with E-state index >= 15 is 0 Å². The molecule has 0 aliphatic heterocycles. The lowest BCUT2D eigenvalue weighted by Gasteiger charge is -2.09. The Kier molecular flexibility index (Phi) is 2.07. The van der Waals surface area contributed by atoms with Crippen LogP contribution in [0.1, 0.15) is 24.0 Å². The second-order valence-electron chi connectivity index (χ2n) is 5.01. The summed E-state index contributed by atoms with van der Waals surface area (Å²) in [5.41, 5.74) is 9.70. The largest absolute Gasteiger partial charge is 0.360 e. The average molecular weight is 235 g/mol. The topological polar surface area (TPSA) is 41.8 Å². The lowest BCUT2D eigenvalue weighted by molar-refractivity contribution is 0.673. The van der Waals surface area contributed by atoms with Gasteiger partial charge >= 0.3 is 0 Å². The Bertz CT molecular complexity index is 552. The number of rotatable bonds is 2. The molecule has 0 amide bonds. The molecule has 1 fully saturated rings. The highest BCUT2D eigenvalue weighted by Gasteiger charge is 2.38. The molecule has 3 rings (SSSR count). The van der Waals surface area contributed by atoms with Gasteiger partial charge in [-0.15, -0.1) is 0 Å². The summed E-state index contributed by atoms with van der Waals surface area (Å²) in [5.74, 6) is 0. The van der Waals surface area contributed by atoms with Crippen LogP contribution in [0, 0.1) is 6.92 Å². The Morgan fingerprint density at radius 3 is 2.88 bits per heavy atom. The molecule has 0 atom stereocenters. The molecule has 1 aliphatic rings. The monoisotopic (exact) mass is 234 g/mol. The molecule has 0 unspecified atom stereocenters. The summed E-state index contributed by atoms with van der Waals surface area (Å²) in [6, 6.07) is 4.24. The van der Waals surface area contributed by atoms with Crippen molar-refractivity contribution in [3.63, 3.8) is 0 Å². The van der Waals surface area contributed by atoms with Gasteiger partial charge in [0.15, 0.2) is 0 Å². The van der Waals surface area contributed by atoms with E-state index in [9.17, 15) is 0 Å². The molecule has 0 bridgehead atoms. The molecule has 1 aromatic heterocycles. The number of H-pyrrole nitrogens is 1. The highest BCUT2D eigenvalue weighted by atomic mass is 35.5. The second kappa shape index (κ2) is 3.25. The molecule has 3 heteroatoms. The van der Waals surface area contributed by atoms with Crippen molar-refractivity contribution < 1.29 is 0 Å². The van der Waals surface area contributed by atoms with Crippen molar-refractivity contribution in [2.45, 2.75) is 31.7 Å². The third-order valence-corrected chi connectivity index (χ3v) is 3.75. The number of nitrogens with one attached hydrogen (secondary N) is 1. The first kappa shape index (κ1) is 10.2. The number of aromatic nitrogens is 1. The van der Waals surface area contributed by atoms with Crippen LogP contribution < -0.4 is 5.73 Å². The molecule has 0 spiro atoms. The minimum absolute atomic E-state index is 0.0429. The summed E-state index contributed by atoms with van der Waals surface area (Å²) in [4.78, 5) is 3.20. The first-order valence-corrected chi connectivity index (χ1v) is 6.00. The van der Waals surface area contributed by atoms with Gasteiger partial charge in [-0.3, -0.25) is 0 Å². The normalized spacial score (nSPS) is 17.9. The van der Waals surface area contributed by atoms with Crippen molar-refractivity contribution in [2.75, 3.05) is 0 Å². The summed E-state index contributed by atoms with van der Waals surface area (Å²) in [6.45, 7) is 2.09. The van der Waals surface area contributed by atoms with E-state index in [0.29, 0.717) is 0 Å². The van der Waals surface area contributed by atoms with Gasteiger partial charge in [0.05, 0.1) is 10.5 Å². The standard InChI is InChI=1S/C13H15ClN2/c1-8-7-16-12-10(8)4-9(5-11(12)14)6-13(15)2-3-13/h4-5,7,16H,2-3,6,15H2,1H3. The highest BCUT2D eigenvalue weighted by molar-refractivity contribution is 6.35. The molecule has 1 heterocycles. The Hall–Kier alpha value is -0.990. The van der Waals surface area contributed by atoms with Crippen LogP contribution in [-0.4, -0.2) is 10.5 Å². The third kappa shape index (κ3) is 1.62. The molecule has 2 aromatic rings. The van der Waals surface area contributed by atoms with E-state index in [4.69, 9.17) is 17.3 Å². The van der Waals surface area contributed by atoms with Crippen LogP contribution in [0.25, 0.3) is 10.9 Å². The molecule has 1 aromatic carbocycles. The number of hydrogen-bond acceptors (Lipinski definition) is 1. The first-order valence-electron chi connectivity index (χ1n) is 5.62. The molecule has 2 nitrogen and oxygen atoms in total. The van der Waals surface area contributed by atoms with Crippen LogP contribution in [0.4, 0.5) is 0 Å². The van der Waals surface area contributed by atoms with E-state index in [2.05, 4.69) is 18.0 Å². The smallest absolute Gasteiger partial charge is 0.0649 e. The zero-order chi connectivity index (χ0) is 11.3. The molecule has 1 saturated carbocycles. The van der Waals surface area contributed by atoms with Crippen molar-refractivity contribution in [2.24, 2.45) is 5.73 Å². The molecular weight excluding hydrogens is 220 g/mol. The van der Waals surface area contributed by atoms with Crippen LogP contribution in [0.15, 0.2) is 18.3 Å². The predicted molar refractivity (Wildman–Crippen MR) is 67.9 cm³/mol. The van der Waals surface area contributed by atoms with Crippen LogP contribution in [0.5, 0.6) is 0 Å². The summed E-state index contributed by atoms with van der Waals surface area (Å²) in [5, 5.41) is 2.01. The highest BCUT2D eigenvalue weighted by Crippen LogP contribution is 2.37. The number of benzene rings is 1. The number of fused-ring (bicyclic) bond motifs is 1. The van der Waals surface area contributed by atoms with E-state index in [1.165, 1.54) is 16.5 Å². The van der Waals surface area contributed by atoms with Crippen molar-refractivity contribution in [1.82, 2.24) is 4.98 Å². The fourth-order valence-electron chi connectivity index (χ4n) is 2.22. The van der Waals surface area contributed by atoms with Crippen molar-refractivity contribution >= 4 is 22.5 Å². The Balaban J connectivity index is 2.08. The van der Waals surface area contributed by atoms with E-state index in [-0.39, 0.29) is 5.54 Å². The lowest BCUT2D eigenvalue weighted by Crippen LogP contribution is -2.24. The van der Waals surface area contributed by atoms with Gasteiger partial charge in [-0.2, -0.15) is 0 Å². The number of hydrogen-bond donors (Lipinski definition) is 2. The van der Waals surface area contributed by atoms with Gasteiger partial charge in [0, 0.05) is 17.1 Å². The van der Waals surface area contributed by atoms with Gasteiger partial charge < -0.3 is 10.7 Å². The first-order chi connectivity index (χ1) is 7.57. The summed E-state index contributed by atoms with van der Waals surface area (Å²) >= 11 is 6.25. The van der Waals surface area contributed by atoms with Crippen LogP contribution in [0.3, 0.4) is 0 Å². The molecule has 3 N–H and O–H groups in total. The molecule has 1 aliphatic carbocycles. The van der Waals surface area contributed by atoms with Crippen molar-refractivity contribution in [3.8, 4) is 0 Å². The maximum absolute atomic E-state index is 6.25. The zero-order valence-electron chi connectivity index (χ0n) is 9.31. The Morgan fingerprint density at radius 1 is 1.44 bits per heavy atom. The van der Waals surface area contributed by atoms with E-state index in [1.54, 1.807) is 0 Å². The van der Waals surface area contributed by atoms with Gasteiger partial charge in [-0.1, -0.05) is 11.6 Å². The number of halogens is 1. The van der Waals surface area contributed by atoms with Gasteiger partial charge in [0.2, 0.25) is 0 Å². The van der Waals surface area contributed by atoms with Gasteiger partial charge in [0.25, 0.3) is 0 Å². The quantitative estimate of drug-likeness (QED) is 0.824. The number of nitrogens with two attached hydrogens (primary N) is 1. The Labute approximate surface area is 99.8 Å². The van der Waals surface area contributed by atoms with Crippen molar-refractivity contribution in [1.29, 1.82) is 0 Å². The average Bonchev–Trinajstić information content (AvgIpc) is 2.81. The number of aryl methyl sites for hydroxylation is 1. The summed E-state index contributed by atoms with van der Waals surface area (Å²) < 4.78 is 0. The van der Waals surface area contributed by atoms with Crippen LogP contribution in [0.2, 0.25) is 5.02 Å². The maximum atomic E-state index is 6.25. The molecule has 84 valence electrons. The minimum atomic E-state index is 0.0429. The van der Waals surface area contributed by atoms with Crippen LogP contribution in [-0.2, 0) is 6.42 Å². The molecule has 16 heavy (non-hydrogen) atoms. The van der Waals surface area contributed by atoms with Gasteiger partial charge in [-0.05, 0) is 49.4 Å². The van der Waals surface area contributed by atoms with E-state index in [0.717, 1.165) is 29.8 Å². The molecular formula is C13H15ClN2. The number of aromatic amines is 1.